The van der Waals surface area contributed by atoms with Crippen molar-refractivity contribution in [3.63, 3.8) is 0 Å². The molecule has 53 heavy (non-hydrogen) atoms. The Morgan fingerprint density at radius 1 is 0.906 bits per heavy atom. The van der Waals surface area contributed by atoms with Gasteiger partial charge in [-0.2, -0.15) is 0 Å². The zero-order chi connectivity index (χ0) is 38.9. The second-order valence-corrected chi connectivity index (χ2v) is 12.5. The first-order valence-electron chi connectivity index (χ1n) is 17.1. The minimum atomic E-state index is -1.65. The standard InChI is InChI=1S/C35H47N7O11/c1-22(2)31(40-28(43)8-4-3-5-20-41-29(44)17-18-30(41)45)33(47)39-27(7-6-19-37-34(36)48)32(46)38-24-11-9-23(10-12-24)21-52-35(49)53-26-15-13-25(14-16-26)42(50)51/h9-18,22,27,31,34-35,37,48-49H,3-8,19-21,36H2,1-2H3,(H,38,46)(H,39,47)(H,40,43)/t27-,31-,34?,35+/m0/s1. The van der Waals surface area contributed by atoms with Crippen LogP contribution in [0.4, 0.5) is 11.4 Å². The number of nitro groups is 1. The number of amides is 5. The summed E-state index contributed by atoms with van der Waals surface area (Å²) < 4.78 is 10.5. The number of rotatable bonds is 23. The predicted octanol–water partition coefficient (Wildman–Crippen LogP) is 1.12. The fourth-order valence-electron chi connectivity index (χ4n) is 5.13. The van der Waals surface area contributed by atoms with Gasteiger partial charge in [0.25, 0.3) is 17.5 Å². The number of aliphatic hydroxyl groups excluding tert-OH is 2. The SMILES string of the molecule is CC(C)[C@H](NC(=O)CCCCCN1C(=O)C=CC1=O)C(=O)N[C@@H](CCCNC(N)O)C(=O)Nc1ccc(CO[C@@H](O)Oc2ccc([N+](=O)[O-])cc2)cc1. The third kappa shape index (κ3) is 14.7. The van der Waals surface area contributed by atoms with E-state index >= 15 is 0 Å². The monoisotopic (exact) mass is 741 g/mol. The average molecular weight is 742 g/mol. The van der Waals surface area contributed by atoms with Crippen LogP contribution in [0.1, 0.15) is 57.9 Å². The van der Waals surface area contributed by atoms with Crippen LogP contribution in [0, 0.1) is 16.0 Å². The van der Waals surface area contributed by atoms with E-state index in [4.69, 9.17) is 15.2 Å². The molecule has 0 saturated heterocycles. The van der Waals surface area contributed by atoms with E-state index < -0.39 is 41.6 Å². The molecule has 1 aliphatic rings. The maximum absolute atomic E-state index is 13.4. The first-order chi connectivity index (χ1) is 25.2. The Hall–Kier alpha value is -5.27. The number of anilines is 1. The second kappa shape index (κ2) is 21.3. The summed E-state index contributed by atoms with van der Waals surface area (Å²) in [4.78, 5) is 74.3. The number of hydrogen-bond acceptors (Lipinski definition) is 13. The van der Waals surface area contributed by atoms with Gasteiger partial charge < -0.3 is 35.6 Å². The molecule has 18 nitrogen and oxygen atoms in total. The molecule has 18 heteroatoms. The molecule has 1 heterocycles. The van der Waals surface area contributed by atoms with Gasteiger partial charge in [0.1, 0.15) is 17.8 Å². The van der Waals surface area contributed by atoms with Gasteiger partial charge >= 0.3 is 6.48 Å². The van der Waals surface area contributed by atoms with Crippen molar-refractivity contribution in [2.75, 3.05) is 18.4 Å². The first-order valence-corrected chi connectivity index (χ1v) is 17.1. The van der Waals surface area contributed by atoms with Crippen LogP contribution in [0.2, 0.25) is 0 Å². The van der Waals surface area contributed by atoms with Crippen molar-refractivity contribution < 1.29 is 48.6 Å². The number of nitrogens with zero attached hydrogens (tertiary/aromatic N) is 2. The van der Waals surface area contributed by atoms with E-state index in [1.165, 1.54) is 36.4 Å². The Morgan fingerprint density at radius 3 is 2.17 bits per heavy atom. The summed E-state index contributed by atoms with van der Waals surface area (Å²) in [5, 5.41) is 41.1. The van der Waals surface area contributed by atoms with E-state index in [-0.39, 0.29) is 67.6 Å². The van der Waals surface area contributed by atoms with E-state index in [9.17, 15) is 44.3 Å². The predicted molar refractivity (Wildman–Crippen MR) is 190 cm³/mol. The summed E-state index contributed by atoms with van der Waals surface area (Å²) in [7, 11) is 0. The molecule has 8 N–H and O–H groups in total. The lowest BCUT2D eigenvalue weighted by Gasteiger charge is -2.25. The van der Waals surface area contributed by atoms with Crippen molar-refractivity contribution in [3.05, 3.63) is 76.4 Å². The Kier molecular flexibility index (Phi) is 16.9. The summed E-state index contributed by atoms with van der Waals surface area (Å²) in [5.74, 6) is -2.30. The van der Waals surface area contributed by atoms with Gasteiger partial charge in [-0.1, -0.05) is 32.4 Å². The van der Waals surface area contributed by atoms with Crippen LogP contribution in [0.15, 0.2) is 60.7 Å². The van der Waals surface area contributed by atoms with Gasteiger partial charge in [0, 0.05) is 42.9 Å². The molecule has 0 aliphatic carbocycles. The number of imide groups is 1. The van der Waals surface area contributed by atoms with Gasteiger partial charge in [0.2, 0.25) is 17.7 Å². The number of carbonyl (C=O) groups excluding carboxylic acids is 5. The topological polar surface area (TPSA) is 265 Å². The fraction of sp³-hybridized carbons (Fsp3) is 0.457. The number of unbranched alkanes of at least 4 members (excludes halogenated alkanes) is 2. The van der Waals surface area contributed by atoms with Gasteiger partial charge in [0.05, 0.1) is 11.5 Å². The van der Waals surface area contributed by atoms with Crippen LogP contribution < -0.4 is 31.7 Å². The highest BCUT2D eigenvalue weighted by Crippen LogP contribution is 2.19. The number of non-ortho nitro benzene ring substituents is 1. The van der Waals surface area contributed by atoms with Crippen LogP contribution in [0.3, 0.4) is 0 Å². The number of benzene rings is 2. The van der Waals surface area contributed by atoms with Gasteiger partial charge in [-0.15, -0.1) is 0 Å². The Morgan fingerprint density at radius 2 is 1.57 bits per heavy atom. The molecule has 1 aliphatic heterocycles. The third-order valence-corrected chi connectivity index (χ3v) is 8.01. The van der Waals surface area contributed by atoms with E-state index in [0.29, 0.717) is 36.9 Å². The fourth-order valence-corrected chi connectivity index (χ4v) is 5.13. The van der Waals surface area contributed by atoms with Crippen LogP contribution in [-0.2, 0) is 35.3 Å². The lowest BCUT2D eigenvalue weighted by Crippen LogP contribution is -2.54. The zero-order valence-electron chi connectivity index (χ0n) is 29.6. The molecule has 5 amide bonds. The van der Waals surface area contributed by atoms with Gasteiger partial charge in [0.15, 0.2) is 6.35 Å². The van der Waals surface area contributed by atoms with Gasteiger partial charge in [-0.25, -0.2) is 0 Å². The molecule has 0 radical (unpaired) electrons. The van der Waals surface area contributed by atoms with E-state index in [1.807, 2.05) is 0 Å². The largest absolute Gasteiger partial charge is 0.441 e. The quantitative estimate of drug-likeness (QED) is 0.0277. The summed E-state index contributed by atoms with van der Waals surface area (Å²) in [6, 6.07) is 9.62. The molecule has 0 aromatic heterocycles. The Labute approximate surface area is 306 Å². The van der Waals surface area contributed by atoms with Crippen molar-refractivity contribution in [1.29, 1.82) is 0 Å². The first kappa shape index (κ1) is 42.1. The molecule has 0 spiro atoms. The van der Waals surface area contributed by atoms with E-state index in [0.717, 1.165) is 4.90 Å². The Balaban J connectivity index is 1.51. The smallest absolute Gasteiger partial charge is 0.313 e. The number of aliphatic hydroxyl groups is 2. The van der Waals surface area contributed by atoms with Crippen molar-refractivity contribution in [2.24, 2.45) is 11.7 Å². The number of nitrogens with one attached hydrogen (secondary N) is 4. The maximum Gasteiger partial charge on any atom is 0.313 e. The number of nitro benzene ring substituents is 1. The minimum absolute atomic E-state index is 0.0678. The molecule has 3 rings (SSSR count). The molecular weight excluding hydrogens is 694 g/mol. The number of ether oxygens (including phenoxy) is 2. The average Bonchev–Trinajstić information content (AvgIpc) is 3.43. The summed E-state index contributed by atoms with van der Waals surface area (Å²) in [5.41, 5.74) is 6.23. The van der Waals surface area contributed by atoms with Crippen LogP contribution in [-0.4, -0.2) is 87.6 Å². The summed E-state index contributed by atoms with van der Waals surface area (Å²) in [6.45, 7) is 2.32. The lowest BCUT2D eigenvalue weighted by molar-refractivity contribution is -0.384. The molecule has 0 saturated carbocycles. The van der Waals surface area contributed by atoms with E-state index in [2.05, 4.69) is 21.3 Å². The zero-order valence-corrected chi connectivity index (χ0v) is 29.6. The van der Waals surface area contributed by atoms with Crippen molar-refractivity contribution in [1.82, 2.24) is 20.9 Å². The highest BCUT2D eigenvalue weighted by Gasteiger charge is 2.29. The number of carbonyl (C=O) groups is 5. The highest BCUT2D eigenvalue weighted by atomic mass is 16.8. The minimum Gasteiger partial charge on any atom is -0.441 e. The van der Waals surface area contributed by atoms with Gasteiger partial charge in [-0.05, 0) is 68.0 Å². The van der Waals surface area contributed by atoms with Crippen LogP contribution in [0.5, 0.6) is 5.75 Å². The third-order valence-electron chi connectivity index (χ3n) is 8.01. The van der Waals surface area contributed by atoms with Gasteiger partial charge in [-0.3, -0.25) is 50.0 Å². The maximum atomic E-state index is 13.4. The normalized spacial score (nSPS) is 14.8. The molecule has 2 aromatic rings. The molecule has 288 valence electrons. The van der Waals surface area contributed by atoms with Crippen molar-refractivity contribution in [2.45, 2.75) is 83.9 Å². The second-order valence-electron chi connectivity index (χ2n) is 12.5. The summed E-state index contributed by atoms with van der Waals surface area (Å²) in [6.07, 6.45) is 3.45. The molecule has 2 aromatic carbocycles. The van der Waals surface area contributed by atoms with Crippen molar-refractivity contribution >= 4 is 40.9 Å². The number of nitrogens with two attached hydrogens (primary N) is 1. The number of hydrogen-bond donors (Lipinski definition) is 7. The molecule has 0 bridgehead atoms. The van der Waals surface area contributed by atoms with Crippen LogP contribution in [0.25, 0.3) is 0 Å². The molecule has 0 fully saturated rings. The molecular formula is C35H47N7O11. The van der Waals surface area contributed by atoms with Crippen molar-refractivity contribution in [3.8, 4) is 5.75 Å². The lowest BCUT2D eigenvalue weighted by atomic mass is 10.0. The molecule has 1 unspecified atom stereocenters. The Bertz CT molecular complexity index is 1570. The highest BCUT2D eigenvalue weighted by molar-refractivity contribution is 6.12. The molecule has 4 atom stereocenters. The summed E-state index contributed by atoms with van der Waals surface area (Å²) >= 11 is 0. The van der Waals surface area contributed by atoms with E-state index in [1.54, 1.807) is 38.1 Å². The van der Waals surface area contributed by atoms with Crippen LogP contribution >= 0.6 is 0 Å².